The first-order valence-electron chi connectivity index (χ1n) is 6.08. The van der Waals surface area contributed by atoms with E-state index in [2.05, 4.69) is 5.32 Å². The third kappa shape index (κ3) is 1.83. The molecule has 0 aromatic heterocycles. The van der Waals surface area contributed by atoms with E-state index < -0.39 is 0 Å². The van der Waals surface area contributed by atoms with Crippen LogP contribution in [0.5, 0.6) is 0 Å². The van der Waals surface area contributed by atoms with Gasteiger partial charge in [-0.15, -0.1) is 11.8 Å². The molecule has 94 valence electrons. The summed E-state index contributed by atoms with van der Waals surface area (Å²) in [7, 11) is 0. The summed E-state index contributed by atoms with van der Waals surface area (Å²) in [6.07, 6.45) is 1.07. The van der Waals surface area contributed by atoms with E-state index in [1.165, 1.54) is 4.90 Å². The zero-order valence-electron chi connectivity index (χ0n) is 9.89. The summed E-state index contributed by atoms with van der Waals surface area (Å²) in [5.41, 5.74) is 1.07. The number of hydrogen-bond donors (Lipinski definition) is 1. The molecule has 2 amide bonds. The number of benzene rings is 1. The van der Waals surface area contributed by atoms with Crippen molar-refractivity contribution in [2.24, 2.45) is 0 Å². The van der Waals surface area contributed by atoms with E-state index >= 15 is 0 Å². The van der Waals surface area contributed by atoms with Crippen molar-refractivity contribution < 1.29 is 9.59 Å². The Balaban J connectivity index is 1.91. The van der Waals surface area contributed by atoms with Gasteiger partial charge in [-0.25, -0.2) is 0 Å². The molecule has 1 N–H and O–H groups in total. The Labute approximate surface area is 110 Å². The van der Waals surface area contributed by atoms with Crippen LogP contribution in [0.3, 0.4) is 0 Å². The van der Waals surface area contributed by atoms with E-state index in [0.717, 1.165) is 18.7 Å². The van der Waals surface area contributed by atoms with Crippen molar-refractivity contribution in [2.75, 3.05) is 18.8 Å². The van der Waals surface area contributed by atoms with Crippen LogP contribution < -0.4 is 5.32 Å². The average molecular weight is 262 g/mol. The number of nitrogens with one attached hydrogen (secondary N) is 1. The number of thioether (sulfide) groups is 1. The number of nitrogens with zero attached hydrogens (tertiary/aromatic N) is 1. The van der Waals surface area contributed by atoms with E-state index in [-0.39, 0.29) is 17.2 Å². The summed E-state index contributed by atoms with van der Waals surface area (Å²) in [5, 5.41) is 3.19. The van der Waals surface area contributed by atoms with E-state index in [1.807, 2.05) is 0 Å². The Bertz CT molecular complexity index is 461. The topological polar surface area (TPSA) is 49.4 Å². The molecule has 0 spiro atoms. The molecule has 18 heavy (non-hydrogen) atoms. The minimum atomic E-state index is -0.156. The Hall–Kier alpha value is -1.33. The van der Waals surface area contributed by atoms with Crippen molar-refractivity contribution in [1.29, 1.82) is 0 Å². The second-order valence-electron chi connectivity index (χ2n) is 4.41. The summed E-state index contributed by atoms with van der Waals surface area (Å²) < 4.78 is 0. The summed E-state index contributed by atoms with van der Waals surface area (Å²) in [5.74, 6) is 0.666. The maximum atomic E-state index is 12.3. The average Bonchev–Trinajstić information content (AvgIpc) is 2.61. The van der Waals surface area contributed by atoms with Crippen molar-refractivity contribution in [3.63, 3.8) is 0 Å². The first-order valence-corrected chi connectivity index (χ1v) is 7.13. The van der Waals surface area contributed by atoms with Crippen molar-refractivity contribution in [3.8, 4) is 0 Å². The molecule has 2 aliphatic heterocycles. The molecule has 1 aromatic rings. The lowest BCUT2D eigenvalue weighted by Gasteiger charge is -2.24. The third-order valence-corrected chi connectivity index (χ3v) is 4.53. The zero-order valence-corrected chi connectivity index (χ0v) is 10.7. The van der Waals surface area contributed by atoms with Crippen LogP contribution in [-0.2, 0) is 0 Å². The SMILES string of the molecule is O=C1c2ccccc2C(=O)N1[C@H]1CNCCCS1. The van der Waals surface area contributed by atoms with Crippen LogP contribution in [-0.4, -0.2) is 40.9 Å². The molecule has 0 radical (unpaired) electrons. The number of rotatable bonds is 1. The van der Waals surface area contributed by atoms with Crippen molar-refractivity contribution in [2.45, 2.75) is 11.8 Å². The van der Waals surface area contributed by atoms with Gasteiger partial charge in [0.2, 0.25) is 0 Å². The molecule has 5 heteroatoms. The van der Waals surface area contributed by atoms with Gasteiger partial charge in [0.1, 0.15) is 0 Å². The largest absolute Gasteiger partial charge is 0.314 e. The van der Waals surface area contributed by atoms with Gasteiger partial charge >= 0.3 is 0 Å². The van der Waals surface area contributed by atoms with Crippen LogP contribution in [0.15, 0.2) is 24.3 Å². The number of hydrogen-bond acceptors (Lipinski definition) is 4. The summed E-state index contributed by atoms with van der Waals surface area (Å²) in [6, 6.07) is 7.05. The minimum absolute atomic E-state index is 0.0834. The van der Waals surface area contributed by atoms with Gasteiger partial charge in [0.15, 0.2) is 0 Å². The highest BCUT2D eigenvalue weighted by molar-refractivity contribution is 7.99. The fourth-order valence-corrected chi connectivity index (χ4v) is 3.50. The lowest BCUT2D eigenvalue weighted by Crippen LogP contribution is -2.42. The molecule has 1 aromatic carbocycles. The molecule has 0 bridgehead atoms. The van der Waals surface area contributed by atoms with Crippen LogP contribution in [0.4, 0.5) is 0 Å². The summed E-state index contributed by atoms with van der Waals surface area (Å²) in [4.78, 5) is 26.0. The van der Waals surface area contributed by atoms with Crippen LogP contribution in [0.2, 0.25) is 0 Å². The second kappa shape index (κ2) is 4.74. The summed E-state index contributed by atoms with van der Waals surface area (Å²) in [6.45, 7) is 1.63. The predicted molar refractivity (Wildman–Crippen MR) is 70.7 cm³/mol. The van der Waals surface area contributed by atoms with Gasteiger partial charge in [0, 0.05) is 6.54 Å². The second-order valence-corrected chi connectivity index (χ2v) is 5.69. The molecule has 2 heterocycles. The Morgan fingerprint density at radius 2 is 1.83 bits per heavy atom. The number of imide groups is 1. The van der Waals surface area contributed by atoms with Crippen LogP contribution in [0.25, 0.3) is 0 Å². The lowest BCUT2D eigenvalue weighted by atomic mass is 10.1. The monoisotopic (exact) mass is 262 g/mol. The normalized spacial score (nSPS) is 24.0. The van der Waals surface area contributed by atoms with Crippen molar-refractivity contribution in [3.05, 3.63) is 35.4 Å². The van der Waals surface area contributed by atoms with Gasteiger partial charge in [0.25, 0.3) is 11.8 Å². The number of fused-ring (bicyclic) bond motifs is 1. The fourth-order valence-electron chi connectivity index (χ4n) is 2.34. The van der Waals surface area contributed by atoms with Gasteiger partial charge in [0.05, 0.1) is 16.5 Å². The Morgan fingerprint density at radius 3 is 2.50 bits per heavy atom. The molecular formula is C13H14N2O2S. The quantitative estimate of drug-likeness (QED) is 0.776. The fraction of sp³-hybridized carbons (Fsp3) is 0.385. The third-order valence-electron chi connectivity index (χ3n) is 3.24. The molecule has 2 aliphatic rings. The van der Waals surface area contributed by atoms with E-state index in [1.54, 1.807) is 36.0 Å². The van der Waals surface area contributed by atoms with Crippen molar-refractivity contribution >= 4 is 23.6 Å². The highest BCUT2D eigenvalue weighted by Crippen LogP contribution is 2.29. The number of carbonyl (C=O) groups excluding carboxylic acids is 2. The maximum absolute atomic E-state index is 12.3. The Kier molecular flexibility index (Phi) is 3.09. The highest BCUT2D eigenvalue weighted by atomic mass is 32.2. The Morgan fingerprint density at radius 1 is 1.17 bits per heavy atom. The first kappa shape index (κ1) is 11.7. The maximum Gasteiger partial charge on any atom is 0.262 e. The minimum Gasteiger partial charge on any atom is -0.314 e. The number of amides is 2. The standard InChI is InChI=1S/C13H14N2O2S/c16-12-9-4-1-2-5-10(9)13(17)15(12)11-8-14-6-3-7-18-11/h1-2,4-5,11,14H,3,6-8H2/t11-/m1/s1. The predicted octanol–water partition coefficient (Wildman–Crippen LogP) is 1.34. The van der Waals surface area contributed by atoms with Crippen LogP contribution >= 0.6 is 11.8 Å². The van der Waals surface area contributed by atoms with E-state index in [4.69, 9.17) is 0 Å². The molecule has 0 aliphatic carbocycles. The van der Waals surface area contributed by atoms with Gasteiger partial charge in [-0.05, 0) is 30.9 Å². The first-order chi connectivity index (χ1) is 8.79. The molecule has 4 nitrogen and oxygen atoms in total. The van der Waals surface area contributed by atoms with E-state index in [0.29, 0.717) is 17.7 Å². The number of carbonyl (C=O) groups is 2. The smallest absolute Gasteiger partial charge is 0.262 e. The lowest BCUT2D eigenvalue weighted by molar-refractivity contribution is 0.0638. The summed E-state index contributed by atoms with van der Waals surface area (Å²) >= 11 is 1.68. The van der Waals surface area contributed by atoms with Crippen LogP contribution in [0, 0.1) is 0 Å². The van der Waals surface area contributed by atoms with Crippen LogP contribution in [0.1, 0.15) is 27.1 Å². The zero-order chi connectivity index (χ0) is 12.5. The molecule has 1 atom stereocenters. The molecule has 3 rings (SSSR count). The van der Waals surface area contributed by atoms with Gasteiger partial charge in [-0.3, -0.25) is 14.5 Å². The van der Waals surface area contributed by atoms with E-state index in [9.17, 15) is 9.59 Å². The van der Waals surface area contributed by atoms with Gasteiger partial charge < -0.3 is 5.32 Å². The highest BCUT2D eigenvalue weighted by Gasteiger charge is 2.39. The molecular weight excluding hydrogens is 248 g/mol. The van der Waals surface area contributed by atoms with Gasteiger partial charge in [-0.2, -0.15) is 0 Å². The van der Waals surface area contributed by atoms with Crippen molar-refractivity contribution in [1.82, 2.24) is 10.2 Å². The molecule has 1 fully saturated rings. The molecule has 1 saturated heterocycles. The molecule has 0 unspecified atom stereocenters. The van der Waals surface area contributed by atoms with Gasteiger partial charge in [-0.1, -0.05) is 12.1 Å². The molecule has 0 saturated carbocycles.